The fourth-order valence-electron chi connectivity index (χ4n) is 5.41. The lowest BCUT2D eigenvalue weighted by atomic mass is 9.81. The van der Waals surface area contributed by atoms with Crippen LogP contribution in [0.3, 0.4) is 0 Å². The summed E-state index contributed by atoms with van der Waals surface area (Å²) in [6.07, 6.45) is -0.421. The fraction of sp³-hybridized carbons (Fsp3) is 0.630. The number of ether oxygens (including phenoxy) is 1. The Morgan fingerprint density at radius 3 is 2.44 bits per heavy atom. The summed E-state index contributed by atoms with van der Waals surface area (Å²) in [5.41, 5.74) is 1.17. The maximum Gasteiger partial charge on any atom is 0.389 e. The molecule has 2 atom stereocenters. The van der Waals surface area contributed by atoms with Gasteiger partial charge in [0, 0.05) is 19.3 Å². The van der Waals surface area contributed by atoms with Crippen molar-refractivity contribution < 1.29 is 40.9 Å². The number of rotatable bonds is 11. The van der Waals surface area contributed by atoms with E-state index in [0.717, 1.165) is 25.7 Å². The Morgan fingerprint density at radius 2 is 1.77 bits per heavy atom. The molecule has 2 amide bonds. The second-order valence-electron chi connectivity index (χ2n) is 11.6. The van der Waals surface area contributed by atoms with Crippen LogP contribution in [0.4, 0.5) is 22.0 Å². The zero-order valence-electron chi connectivity index (χ0n) is 22.9. The molecule has 232 valence electrons. The van der Waals surface area contributed by atoms with Gasteiger partial charge in [0.25, 0.3) is 11.8 Å². The van der Waals surface area contributed by atoms with E-state index in [1.54, 1.807) is 12.3 Å². The van der Waals surface area contributed by atoms with Crippen LogP contribution in [-0.4, -0.2) is 54.9 Å². The monoisotopic (exact) mass is 611 g/mol. The molecule has 3 heterocycles. The highest BCUT2D eigenvalue weighted by Crippen LogP contribution is 2.43. The first-order chi connectivity index (χ1) is 20.4. The van der Waals surface area contributed by atoms with Crippen molar-refractivity contribution >= 4 is 17.5 Å². The van der Waals surface area contributed by atoms with Crippen molar-refractivity contribution in [2.45, 2.75) is 94.5 Å². The van der Waals surface area contributed by atoms with Crippen LogP contribution in [0.15, 0.2) is 23.1 Å². The van der Waals surface area contributed by atoms with E-state index in [4.69, 9.17) is 9.37 Å². The van der Waals surface area contributed by atoms with E-state index < -0.39 is 48.8 Å². The van der Waals surface area contributed by atoms with E-state index in [0.29, 0.717) is 16.9 Å². The average Bonchev–Trinajstić information content (AvgIpc) is 3.87. The zero-order chi connectivity index (χ0) is 30.4. The summed E-state index contributed by atoms with van der Waals surface area (Å²) in [7, 11) is 0. The maximum atomic E-state index is 14.0. The summed E-state index contributed by atoms with van der Waals surface area (Å²) in [6, 6.07) is 0.375. The highest BCUT2D eigenvalue weighted by atomic mass is 19.4. The summed E-state index contributed by atoms with van der Waals surface area (Å²) in [5, 5.41) is 17.3. The van der Waals surface area contributed by atoms with Gasteiger partial charge in [-0.1, -0.05) is 0 Å². The normalized spacial score (nSPS) is 20.5. The van der Waals surface area contributed by atoms with Gasteiger partial charge in [-0.15, -0.1) is 0 Å². The third kappa shape index (κ3) is 7.21. The Labute approximate surface area is 241 Å². The largest absolute Gasteiger partial charge is 0.470 e. The number of carbonyl (C=O) groups excluding carboxylic acids is 2. The topological polar surface area (TPSA) is 137 Å². The molecule has 1 unspecified atom stereocenters. The molecule has 3 aromatic heterocycles. The second kappa shape index (κ2) is 11.3. The molecule has 43 heavy (non-hydrogen) atoms. The molecule has 11 nitrogen and oxygen atoms in total. The summed E-state index contributed by atoms with van der Waals surface area (Å²) in [5.74, 6) is -4.49. The van der Waals surface area contributed by atoms with Crippen LogP contribution in [0.1, 0.15) is 98.0 Å². The van der Waals surface area contributed by atoms with Crippen LogP contribution in [-0.2, 0) is 4.79 Å². The van der Waals surface area contributed by atoms with E-state index in [9.17, 15) is 31.5 Å². The van der Waals surface area contributed by atoms with Crippen LogP contribution >= 0.6 is 0 Å². The second-order valence-corrected chi connectivity index (χ2v) is 11.6. The first-order valence-corrected chi connectivity index (χ1v) is 14.3. The average molecular weight is 612 g/mol. The minimum atomic E-state index is -4.44. The minimum absolute atomic E-state index is 0.0429. The van der Waals surface area contributed by atoms with Gasteiger partial charge in [-0.2, -0.15) is 18.3 Å². The molecule has 3 aliphatic carbocycles. The number of nitrogens with zero attached hydrogens (tertiary/aromatic N) is 5. The lowest BCUT2D eigenvalue weighted by molar-refractivity contribution is -0.144. The fourth-order valence-corrected chi connectivity index (χ4v) is 5.41. The zero-order valence-corrected chi connectivity index (χ0v) is 22.9. The SMILES string of the molecule is O=C(CCC(F)(F)F)NC(c1cnn2cc([C@@H](NC(=O)c3nonc3OC3CC3)C3CCC(F)(F)CC3)nc2c1)C1CC1. The number of hydrogen-bond acceptors (Lipinski definition) is 8. The van der Waals surface area contributed by atoms with Crippen molar-refractivity contribution in [3.63, 3.8) is 0 Å². The predicted molar refractivity (Wildman–Crippen MR) is 137 cm³/mol. The van der Waals surface area contributed by atoms with Gasteiger partial charge in [0.05, 0.1) is 36.6 Å². The molecular formula is C27H30F5N7O4. The van der Waals surface area contributed by atoms with Crippen molar-refractivity contribution in [1.82, 2.24) is 35.5 Å². The van der Waals surface area contributed by atoms with E-state index in [1.165, 1.54) is 10.7 Å². The molecule has 0 bridgehead atoms. The molecule has 3 aromatic rings. The van der Waals surface area contributed by atoms with E-state index >= 15 is 0 Å². The Bertz CT molecular complexity index is 1470. The standard InChI is InChI=1S/C27H30F5N7O4/c28-26(29)8-5-15(6-9-26)22(36-24(41)23-25(38-43-37-23)42-17-3-4-17)18-13-39-19(34-18)11-16(12-33-39)21(14-1-2-14)35-20(40)7-10-27(30,31)32/h11-15,17,21-22H,1-10H2,(H,35,40)(H,36,41)/t21?,22-/m0/s1. The molecule has 0 radical (unpaired) electrons. The number of imidazole rings is 1. The van der Waals surface area contributed by atoms with E-state index in [1.807, 2.05) is 0 Å². The number of fused-ring (bicyclic) bond motifs is 1. The van der Waals surface area contributed by atoms with Crippen LogP contribution in [0, 0.1) is 11.8 Å². The van der Waals surface area contributed by atoms with Crippen LogP contribution in [0.25, 0.3) is 5.65 Å². The summed E-state index contributed by atoms with van der Waals surface area (Å²) in [6.45, 7) is 0. The number of aromatic nitrogens is 5. The van der Waals surface area contributed by atoms with Gasteiger partial charge < -0.3 is 15.4 Å². The highest BCUT2D eigenvalue weighted by Gasteiger charge is 2.40. The van der Waals surface area contributed by atoms with Crippen molar-refractivity contribution in [1.29, 1.82) is 0 Å². The van der Waals surface area contributed by atoms with Gasteiger partial charge in [0.15, 0.2) is 5.65 Å². The molecule has 0 aliphatic heterocycles. The third-order valence-corrected chi connectivity index (χ3v) is 8.08. The molecule has 3 aliphatic rings. The number of amides is 2. The quantitative estimate of drug-likeness (QED) is 0.294. The van der Waals surface area contributed by atoms with Crippen LogP contribution in [0.5, 0.6) is 5.88 Å². The van der Waals surface area contributed by atoms with Crippen molar-refractivity contribution in [3.05, 3.63) is 35.4 Å². The number of alkyl halides is 5. The Morgan fingerprint density at radius 1 is 1.05 bits per heavy atom. The van der Waals surface area contributed by atoms with Gasteiger partial charge >= 0.3 is 6.18 Å². The smallest absolute Gasteiger partial charge is 0.389 e. The van der Waals surface area contributed by atoms with E-state index in [2.05, 4.69) is 31.0 Å². The Hall–Kier alpha value is -3.85. The number of halogens is 5. The lowest BCUT2D eigenvalue weighted by Gasteiger charge is -2.33. The molecule has 16 heteroatoms. The maximum absolute atomic E-state index is 14.0. The molecule has 2 N–H and O–H groups in total. The third-order valence-electron chi connectivity index (χ3n) is 8.08. The Kier molecular flexibility index (Phi) is 7.71. The predicted octanol–water partition coefficient (Wildman–Crippen LogP) is 4.86. The molecule has 3 saturated carbocycles. The molecular weight excluding hydrogens is 581 g/mol. The molecule has 0 saturated heterocycles. The first-order valence-electron chi connectivity index (χ1n) is 14.3. The van der Waals surface area contributed by atoms with Gasteiger partial charge in [-0.25, -0.2) is 22.9 Å². The highest BCUT2D eigenvalue weighted by molar-refractivity contribution is 5.94. The lowest BCUT2D eigenvalue weighted by Crippen LogP contribution is -2.37. The molecule has 6 rings (SSSR count). The first kappa shape index (κ1) is 29.2. The van der Waals surface area contributed by atoms with Crippen molar-refractivity contribution in [3.8, 4) is 5.88 Å². The van der Waals surface area contributed by atoms with Gasteiger partial charge in [0.2, 0.25) is 17.5 Å². The van der Waals surface area contributed by atoms with Crippen molar-refractivity contribution in [2.75, 3.05) is 0 Å². The Balaban J connectivity index is 1.24. The molecule has 3 fully saturated rings. The number of hydrogen-bond donors (Lipinski definition) is 2. The minimum Gasteiger partial charge on any atom is -0.470 e. The summed E-state index contributed by atoms with van der Waals surface area (Å²) >= 11 is 0. The van der Waals surface area contributed by atoms with Crippen molar-refractivity contribution in [2.24, 2.45) is 11.8 Å². The number of nitrogens with one attached hydrogen (secondary N) is 2. The van der Waals surface area contributed by atoms with Crippen LogP contribution in [0.2, 0.25) is 0 Å². The number of carbonyl (C=O) groups is 2. The molecule has 0 aromatic carbocycles. The van der Waals surface area contributed by atoms with Gasteiger partial charge in [-0.3, -0.25) is 9.59 Å². The van der Waals surface area contributed by atoms with Gasteiger partial charge in [-0.05, 0) is 72.3 Å². The summed E-state index contributed by atoms with van der Waals surface area (Å²) in [4.78, 5) is 30.2. The summed E-state index contributed by atoms with van der Waals surface area (Å²) < 4.78 is 77.6. The van der Waals surface area contributed by atoms with Crippen LogP contribution < -0.4 is 15.4 Å². The van der Waals surface area contributed by atoms with E-state index in [-0.39, 0.29) is 55.2 Å². The van der Waals surface area contributed by atoms with Gasteiger partial charge in [0.1, 0.15) is 6.10 Å². The molecule has 0 spiro atoms.